The molecule has 104 valence electrons. The molecule has 1 aromatic heterocycles. The average molecular weight is 271 g/mol. The van der Waals surface area contributed by atoms with E-state index in [-0.39, 0.29) is 6.04 Å². The quantitative estimate of drug-likeness (QED) is 0.909. The highest BCUT2D eigenvalue weighted by Crippen LogP contribution is 2.30. The molecule has 4 rings (SSSR count). The van der Waals surface area contributed by atoms with Crippen molar-refractivity contribution in [3.63, 3.8) is 0 Å². The van der Waals surface area contributed by atoms with Crippen LogP contribution < -0.4 is 10.1 Å². The van der Waals surface area contributed by atoms with Crippen molar-refractivity contribution in [2.45, 2.75) is 31.7 Å². The van der Waals surface area contributed by atoms with Gasteiger partial charge in [-0.2, -0.15) is 4.98 Å². The highest BCUT2D eigenvalue weighted by molar-refractivity contribution is 5.58. The lowest BCUT2D eigenvalue weighted by molar-refractivity contribution is 0.357. The molecule has 0 spiro atoms. The Bertz CT molecular complexity index is 617. The van der Waals surface area contributed by atoms with Gasteiger partial charge in [0.1, 0.15) is 5.75 Å². The normalized spacial score (nSPS) is 21.5. The summed E-state index contributed by atoms with van der Waals surface area (Å²) < 4.78 is 10.9. The zero-order valence-corrected chi connectivity index (χ0v) is 11.3. The van der Waals surface area contributed by atoms with E-state index in [0.717, 1.165) is 43.1 Å². The van der Waals surface area contributed by atoms with Crippen LogP contribution in [-0.2, 0) is 6.42 Å². The van der Waals surface area contributed by atoms with Gasteiger partial charge in [-0.1, -0.05) is 11.6 Å². The number of ether oxygens (including phenoxy) is 1. The third-order valence-electron chi connectivity index (χ3n) is 4.00. The summed E-state index contributed by atoms with van der Waals surface area (Å²) in [5.41, 5.74) is 2.20. The first-order chi connectivity index (χ1) is 9.90. The van der Waals surface area contributed by atoms with Gasteiger partial charge in [0.05, 0.1) is 12.6 Å². The van der Waals surface area contributed by atoms with Crippen molar-refractivity contribution in [1.82, 2.24) is 15.5 Å². The number of nitrogens with zero attached hydrogens (tertiary/aromatic N) is 2. The van der Waals surface area contributed by atoms with Gasteiger partial charge >= 0.3 is 0 Å². The van der Waals surface area contributed by atoms with Crippen molar-refractivity contribution in [2.24, 2.45) is 0 Å². The minimum Gasteiger partial charge on any atom is -0.493 e. The van der Waals surface area contributed by atoms with Crippen molar-refractivity contribution >= 4 is 0 Å². The number of benzene rings is 1. The summed E-state index contributed by atoms with van der Waals surface area (Å²) >= 11 is 0. The molecule has 5 nitrogen and oxygen atoms in total. The van der Waals surface area contributed by atoms with Gasteiger partial charge in [0.15, 0.2) is 5.82 Å². The summed E-state index contributed by atoms with van der Waals surface area (Å²) in [5.74, 6) is 2.35. The number of hydrogen-bond acceptors (Lipinski definition) is 5. The SMILES string of the molecule is c1cc2c(cc1-c1nc(C3CCCCN3)no1)CCO2. The Morgan fingerprint density at radius 3 is 3.15 bits per heavy atom. The second-order valence-electron chi connectivity index (χ2n) is 5.38. The van der Waals surface area contributed by atoms with Crippen molar-refractivity contribution in [1.29, 1.82) is 0 Å². The molecule has 2 aromatic rings. The van der Waals surface area contributed by atoms with Gasteiger partial charge in [0, 0.05) is 12.0 Å². The Labute approximate surface area is 117 Å². The van der Waals surface area contributed by atoms with Gasteiger partial charge in [-0.25, -0.2) is 0 Å². The van der Waals surface area contributed by atoms with Gasteiger partial charge < -0.3 is 14.6 Å². The molecule has 1 atom stereocenters. The largest absolute Gasteiger partial charge is 0.493 e. The molecule has 1 unspecified atom stereocenters. The second kappa shape index (κ2) is 4.90. The van der Waals surface area contributed by atoms with Crippen LogP contribution in [0.15, 0.2) is 22.7 Å². The minimum atomic E-state index is 0.235. The smallest absolute Gasteiger partial charge is 0.257 e. The van der Waals surface area contributed by atoms with E-state index in [0.29, 0.717) is 5.89 Å². The maximum atomic E-state index is 5.51. The molecule has 0 saturated carbocycles. The van der Waals surface area contributed by atoms with Gasteiger partial charge in [0.2, 0.25) is 0 Å². The van der Waals surface area contributed by atoms with Crippen LogP contribution in [-0.4, -0.2) is 23.3 Å². The molecule has 0 amide bonds. The Hall–Kier alpha value is -1.88. The first-order valence-electron chi connectivity index (χ1n) is 7.23. The van der Waals surface area contributed by atoms with Crippen LogP contribution in [0, 0.1) is 0 Å². The zero-order valence-electron chi connectivity index (χ0n) is 11.3. The summed E-state index contributed by atoms with van der Waals surface area (Å²) in [7, 11) is 0. The predicted octanol–water partition coefficient (Wildman–Crippen LogP) is 2.49. The molecular formula is C15H17N3O2. The lowest BCUT2D eigenvalue weighted by atomic mass is 10.0. The van der Waals surface area contributed by atoms with E-state index in [1.165, 1.54) is 18.4 Å². The first-order valence-corrected chi connectivity index (χ1v) is 7.23. The van der Waals surface area contributed by atoms with Crippen molar-refractivity contribution < 1.29 is 9.26 Å². The minimum absolute atomic E-state index is 0.235. The average Bonchev–Trinajstić information content (AvgIpc) is 3.16. The fourth-order valence-corrected chi connectivity index (χ4v) is 2.89. The molecule has 20 heavy (non-hydrogen) atoms. The van der Waals surface area contributed by atoms with Crippen LogP contribution in [0.2, 0.25) is 0 Å². The maximum absolute atomic E-state index is 5.51. The lowest BCUT2D eigenvalue weighted by Gasteiger charge is -2.19. The summed E-state index contributed by atoms with van der Waals surface area (Å²) in [6, 6.07) is 6.29. The molecule has 2 aliphatic heterocycles. The molecule has 1 saturated heterocycles. The number of hydrogen-bond donors (Lipinski definition) is 1. The van der Waals surface area contributed by atoms with Crippen LogP contribution in [0.5, 0.6) is 5.75 Å². The summed E-state index contributed by atoms with van der Waals surface area (Å²) in [5, 5.41) is 7.57. The lowest BCUT2D eigenvalue weighted by Crippen LogP contribution is -2.27. The topological polar surface area (TPSA) is 60.2 Å². The van der Waals surface area contributed by atoms with E-state index in [1.54, 1.807) is 0 Å². The molecule has 0 aliphatic carbocycles. The Balaban J connectivity index is 1.61. The second-order valence-corrected chi connectivity index (χ2v) is 5.38. The van der Waals surface area contributed by atoms with Crippen molar-refractivity contribution in [2.75, 3.05) is 13.2 Å². The highest BCUT2D eigenvalue weighted by Gasteiger charge is 2.21. The molecule has 3 heterocycles. The maximum Gasteiger partial charge on any atom is 0.257 e. The number of aromatic nitrogens is 2. The molecule has 5 heteroatoms. The molecule has 1 aromatic carbocycles. The zero-order chi connectivity index (χ0) is 13.4. The van der Waals surface area contributed by atoms with Crippen LogP contribution in [0.1, 0.15) is 36.7 Å². The molecule has 0 bridgehead atoms. The van der Waals surface area contributed by atoms with Crippen molar-refractivity contribution in [3.05, 3.63) is 29.6 Å². The van der Waals surface area contributed by atoms with Crippen LogP contribution >= 0.6 is 0 Å². The molecule has 0 radical (unpaired) electrons. The van der Waals surface area contributed by atoms with E-state index in [2.05, 4.69) is 21.5 Å². The number of piperidine rings is 1. The standard InChI is InChI=1S/C15H17N3O2/c1-2-7-16-12(3-1)14-17-15(20-18-14)11-4-5-13-10(9-11)6-8-19-13/h4-5,9,12,16H,1-3,6-8H2. The van der Waals surface area contributed by atoms with E-state index < -0.39 is 0 Å². The van der Waals surface area contributed by atoms with Crippen molar-refractivity contribution in [3.8, 4) is 17.2 Å². The van der Waals surface area contributed by atoms with Gasteiger partial charge in [-0.3, -0.25) is 0 Å². The molecule has 2 aliphatic rings. The van der Waals surface area contributed by atoms with Gasteiger partial charge in [-0.05, 0) is 43.1 Å². The molecule has 1 N–H and O–H groups in total. The fraction of sp³-hybridized carbons (Fsp3) is 0.467. The first kappa shape index (κ1) is 11.9. The summed E-state index contributed by atoms with van der Waals surface area (Å²) in [6.45, 7) is 1.80. The third-order valence-corrected chi connectivity index (χ3v) is 4.00. The van der Waals surface area contributed by atoms with E-state index in [4.69, 9.17) is 9.26 Å². The van der Waals surface area contributed by atoms with Crippen LogP contribution in [0.4, 0.5) is 0 Å². The number of nitrogens with one attached hydrogen (secondary N) is 1. The third kappa shape index (κ3) is 2.08. The van der Waals surface area contributed by atoms with E-state index in [1.807, 2.05) is 12.1 Å². The van der Waals surface area contributed by atoms with E-state index >= 15 is 0 Å². The number of fused-ring (bicyclic) bond motifs is 1. The fourth-order valence-electron chi connectivity index (χ4n) is 2.89. The van der Waals surface area contributed by atoms with Crippen LogP contribution in [0.25, 0.3) is 11.5 Å². The Kier molecular flexibility index (Phi) is 2.92. The Morgan fingerprint density at radius 1 is 1.25 bits per heavy atom. The molecular weight excluding hydrogens is 254 g/mol. The van der Waals surface area contributed by atoms with E-state index in [9.17, 15) is 0 Å². The predicted molar refractivity (Wildman–Crippen MR) is 73.5 cm³/mol. The number of rotatable bonds is 2. The summed E-state index contributed by atoms with van der Waals surface area (Å²) in [6.07, 6.45) is 4.48. The van der Waals surface area contributed by atoms with Gasteiger partial charge in [-0.15, -0.1) is 0 Å². The van der Waals surface area contributed by atoms with Gasteiger partial charge in [0.25, 0.3) is 5.89 Å². The van der Waals surface area contributed by atoms with Crippen LogP contribution in [0.3, 0.4) is 0 Å². The highest BCUT2D eigenvalue weighted by atomic mass is 16.5. The Morgan fingerprint density at radius 2 is 2.25 bits per heavy atom. The molecule has 1 fully saturated rings. The monoisotopic (exact) mass is 271 g/mol. The summed E-state index contributed by atoms with van der Waals surface area (Å²) in [4.78, 5) is 4.55.